The van der Waals surface area contributed by atoms with Crippen molar-refractivity contribution in [3.8, 4) is 0 Å². The first-order valence-corrected chi connectivity index (χ1v) is 6.22. The van der Waals surface area contributed by atoms with Crippen molar-refractivity contribution < 1.29 is 9.47 Å². The Balaban J connectivity index is 1.88. The fourth-order valence-electron chi connectivity index (χ4n) is 2.26. The summed E-state index contributed by atoms with van der Waals surface area (Å²) >= 11 is 3.61. The molecule has 0 N–H and O–H groups in total. The van der Waals surface area contributed by atoms with E-state index in [2.05, 4.69) is 15.9 Å². The van der Waals surface area contributed by atoms with E-state index in [0.717, 1.165) is 25.2 Å². The monoisotopic (exact) mass is 248 g/mol. The molecule has 2 atom stereocenters. The minimum atomic E-state index is 0.370. The Bertz CT molecular complexity index is 160. The zero-order valence-corrected chi connectivity index (χ0v) is 9.51. The minimum Gasteiger partial charge on any atom is -0.381 e. The first-order chi connectivity index (χ1) is 6.35. The van der Waals surface area contributed by atoms with Crippen LogP contribution in [0.4, 0.5) is 0 Å². The first-order valence-electron chi connectivity index (χ1n) is 5.10. The highest BCUT2D eigenvalue weighted by Crippen LogP contribution is 2.38. The molecule has 2 unspecified atom stereocenters. The topological polar surface area (TPSA) is 18.5 Å². The van der Waals surface area contributed by atoms with E-state index in [1.54, 1.807) is 0 Å². The summed E-state index contributed by atoms with van der Waals surface area (Å²) in [6.07, 6.45) is 5.36. The van der Waals surface area contributed by atoms with Crippen LogP contribution in [-0.2, 0) is 9.47 Å². The van der Waals surface area contributed by atoms with Crippen LogP contribution in [0.15, 0.2) is 0 Å². The highest BCUT2D eigenvalue weighted by molar-refractivity contribution is 9.09. The van der Waals surface area contributed by atoms with E-state index < -0.39 is 0 Å². The summed E-state index contributed by atoms with van der Waals surface area (Å²) in [5.74, 6) is 0. The normalized spacial score (nSPS) is 39.9. The average Bonchev–Trinajstić information content (AvgIpc) is 2.77. The highest BCUT2D eigenvalue weighted by Gasteiger charge is 2.37. The van der Waals surface area contributed by atoms with Gasteiger partial charge in [0.05, 0.1) is 12.7 Å². The lowest BCUT2D eigenvalue weighted by Crippen LogP contribution is -2.28. The highest BCUT2D eigenvalue weighted by atomic mass is 79.9. The maximum absolute atomic E-state index is 5.67. The van der Waals surface area contributed by atoms with Crippen molar-refractivity contribution in [2.75, 3.05) is 25.2 Å². The van der Waals surface area contributed by atoms with Gasteiger partial charge < -0.3 is 9.47 Å². The van der Waals surface area contributed by atoms with Crippen molar-refractivity contribution in [3.63, 3.8) is 0 Å². The molecule has 0 amide bonds. The number of halogens is 1. The third-order valence-corrected chi connectivity index (χ3v) is 4.34. The summed E-state index contributed by atoms with van der Waals surface area (Å²) < 4.78 is 11.1. The Labute approximate surface area is 88.1 Å². The van der Waals surface area contributed by atoms with Crippen molar-refractivity contribution in [1.29, 1.82) is 0 Å². The molecule has 2 nitrogen and oxygen atoms in total. The van der Waals surface area contributed by atoms with Crippen molar-refractivity contribution in [1.82, 2.24) is 0 Å². The minimum absolute atomic E-state index is 0.370. The van der Waals surface area contributed by atoms with Crippen LogP contribution >= 0.6 is 15.9 Å². The van der Waals surface area contributed by atoms with Crippen molar-refractivity contribution in [2.45, 2.75) is 31.8 Å². The second-order valence-corrected chi connectivity index (χ2v) is 4.84. The van der Waals surface area contributed by atoms with Gasteiger partial charge in [0.25, 0.3) is 0 Å². The number of hydrogen-bond acceptors (Lipinski definition) is 2. The summed E-state index contributed by atoms with van der Waals surface area (Å²) in [6.45, 7) is 2.81. The molecular formula is C10H17BrO2. The molecule has 0 saturated carbocycles. The maximum atomic E-state index is 5.67. The van der Waals surface area contributed by atoms with E-state index in [0.29, 0.717) is 11.5 Å². The van der Waals surface area contributed by atoms with E-state index in [4.69, 9.17) is 9.47 Å². The molecule has 2 aliphatic heterocycles. The molecule has 2 saturated heterocycles. The quantitative estimate of drug-likeness (QED) is 0.715. The Kier molecular flexibility index (Phi) is 3.27. The lowest BCUT2D eigenvalue weighted by atomic mass is 9.83. The SMILES string of the molecule is BrCC1(CC2CCCO2)CCOC1. The van der Waals surface area contributed by atoms with Gasteiger partial charge >= 0.3 is 0 Å². The van der Waals surface area contributed by atoms with Crippen LogP contribution in [0.1, 0.15) is 25.7 Å². The second-order valence-electron chi connectivity index (χ2n) is 4.28. The third kappa shape index (κ3) is 2.25. The van der Waals surface area contributed by atoms with Crippen LogP contribution in [0.25, 0.3) is 0 Å². The van der Waals surface area contributed by atoms with Gasteiger partial charge in [-0.15, -0.1) is 0 Å². The zero-order valence-electron chi connectivity index (χ0n) is 7.93. The molecular weight excluding hydrogens is 232 g/mol. The summed E-state index contributed by atoms with van der Waals surface area (Å²) in [6, 6.07) is 0. The fourth-order valence-corrected chi connectivity index (χ4v) is 2.93. The first kappa shape index (κ1) is 9.94. The summed E-state index contributed by atoms with van der Waals surface area (Å²) in [7, 11) is 0. The Morgan fingerprint density at radius 1 is 1.38 bits per heavy atom. The predicted octanol–water partition coefficient (Wildman–Crippen LogP) is 2.36. The number of alkyl halides is 1. The Hall–Kier alpha value is 0.400. The van der Waals surface area contributed by atoms with E-state index in [9.17, 15) is 0 Å². The molecule has 2 aliphatic rings. The Morgan fingerprint density at radius 2 is 2.31 bits per heavy atom. The van der Waals surface area contributed by atoms with Crippen molar-refractivity contribution in [3.05, 3.63) is 0 Å². The van der Waals surface area contributed by atoms with Gasteiger partial charge in [-0.05, 0) is 25.7 Å². The molecule has 3 heteroatoms. The molecule has 0 bridgehead atoms. The molecule has 0 aromatic rings. The summed E-state index contributed by atoms with van der Waals surface area (Å²) in [4.78, 5) is 0. The van der Waals surface area contributed by atoms with Gasteiger partial charge in [-0.3, -0.25) is 0 Å². The molecule has 76 valence electrons. The van der Waals surface area contributed by atoms with E-state index in [1.807, 2.05) is 0 Å². The number of hydrogen-bond donors (Lipinski definition) is 0. The van der Waals surface area contributed by atoms with Gasteiger partial charge in [-0.2, -0.15) is 0 Å². The van der Waals surface area contributed by atoms with Crippen LogP contribution in [0, 0.1) is 5.41 Å². The molecule has 2 fully saturated rings. The van der Waals surface area contributed by atoms with E-state index in [-0.39, 0.29) is 0 Å². The molecule has 0 radical (unpaired) electrons. The van der Waals surface area contributed by atoms with Crippen molar-refractivity contribution >= 4 is 15.9 Å². The molecule has 0 aromatic heterocycles. The smallest absolute Gasteiger partial charge is 0.0582 e. The second kappa shape index (κ2) is 4.28. The van der Waals surface area contributed by atoms with E-state index >= 15 is 0 Å². The van der Waals surface area contributed by atoms with Gasteiger partial charge in [-0.25, -0.2) is 0 Å². The predicted molar refractivity (Wildman–Crippen MR) is 55.3 cm³/mol. The lowest BCUT2D eigenvalue weighted by molar-refractivity contribution is 0.0611. The lowest BCUT2D eigenvalue weighted by Gasteiger charge is -2.27. The number of ether oxygens (including phenoxy) is 2. The third-order valence-electron chi connectivity index (χ3n) is 3.15. The molecule has 0 spiro atoms. The number of rotatable bonds is 3. The van der Waals surface area contributed by atoms with Gasteiger partial charge in [0.2, 0.25) is 0 Å². The van der Waals surface area contributed by atoms with Gasteiger partial charge in [0.1, 0.15) is 0 Å². The Morgan fingerprint density at radius 3 is 2.85 bits per heavy atom. The van der Waals surface area contributed by atoms with Crippen molar-refractivity contribution in [2.24, 2.45) is 5.41 Å². The van der Waals surface area contributed by atoms with Gasteiger partial charge in [0, 0.05) is 24.0 Å². The van der Waals surface area contributed by atoms with Gasteiger partial charge in [0.15, 0.2) is 0 Å². The molecule has 2 heterocycles. The largest absolute Gasteiger partial charge is 0.381 e. The van der Waals surface area contributed by atoms with Crippen LogP contribution in [0.3, 0.4) is 0 Å². The maximum Gasteiger partial charge on any atom is 0.0582 e. The average molecular weight is 249 g/mol. The fraction of sp³-hybridized carbons (Fsp3) is 1.00. The van der Waals surface area contributed by atoms with Crippen LogP contribution < -0.4 is 0 Å². The van der Waals surface area contributed by atoms with Crippen LogP contribution in [-0.4, -0.2) is 31.3 Å². The van der Waals surface area contributed by atoms with E-state index in [1.165, 1.54) is 25.7 Å². The summed E-state index contributed by atoms with van der Waals surface area (Å²) in [5.41, 5.74) is 0.370. The zero-order chi connectivity index (χ0) is 9.15. The van der Waals surface area contributed by atoms with Crippen LogP contribution in [0.5, 0.6) is 0 Å². The van der Waals surface area contributed by atoms with Gasteiger partial charge in [-0.1, -0.05) is 15.9 Å². The van der Waals surface area contributed by atoms with Crippen LogP contribution in [0.2, 0.25) is 0 Å². The molecule has 2 rings (SSSR count). The molecule has 0 aliphatic carbocycles. The standard InChI is InChI=1S/C10H17BrO2/c11-7-10(3-5-12-8-10)6-9-2-1-4-13-9/h9H,1-8H2. The summed E-state index contributed by atoms with van der Waals surface area (Å²) in [5, 5.41) is 1.06. The molecule has 0 aromatic carbocycles. The molecule has 13 heavy (non-hydrogen) atoms.